The predicted molar refractivity (Wildman–Crippen MR) is 108 cm³/mol. The minimum absolute atomic E-state index is 0.226. The highest BCUT2D eigenvalue weighted by Gasteiger charge is 2.25. The fraction of sp³-hybridized carbons (Fsp3) is 0.444. The average molecular weight is 430 g/mol. The number of sulfone groups is 1. The van der Waals surface area contributed by atoms with Crippen LogP contribution in [0.15, 0.2) is 18.3 Å². The summed E-state index contributed by atoms with van der Waals surface area (Å²) < 4.78 is 36.0. The number of carbonyl (C=O) groups is 1. The number of methoxy groups -OCH3 is 2. The van der Waals surface area contributed by atoms with Crippen molar-refractivity contribution in [1.29, 1.82) is 0 Å². The van der Waals surface area contributed by atoms with Crippen LogP contribution in [0.5, 0.6) is 5.88 Å². The second kappa shape index (κ2) is 9.40. The van der Waals surface area contributed by atoms with Crippen LogP contribution >= 0.6 is 11.6 Å². The van der Waals surface area contributed by atoms with Crippen molar-refractivity contribution < 1.29 is 22.7 Å². The molecule has 0 saturated heterocycles. The topological polar surface area (TPSA) is 99.5 Å². The van der Waals surface area contributed by atoms with Gasteiger partial charge in [-0.2, -0.15) is 5.10 Å². The van der Waals surface area contributed by atoms with E-state index in [-0.39, 0.29) is 22.7 Å². The molecule has 2 rings (SSSR count). The molecule has 0 aliphatic heterocycles. The monoisotopic (exact) mass is 429 g/mol. The summed E-state index contributed by atoms with van der Waals surface area (Å²) in [7, 11) is -0.425. The van der Waals surface area contributed by atoms with Crippen LogP contribution < -0.4 is 10.1 Å². The van der Waals surface area contributed by atoms with E-state index in [1.54, 1.807) is 17.9 Å². The third kappa shape index (κ3) is 5.03. The van der Waals surface area contributed by atoms with Gasteiger partial charge >= 0.3 is 0 Å². The number of hydrogen-bond donors (Lipinski definition) is 1. The number of nitrogens with one attached hydrogen (secondary N) is 1. The minimum Gasteiger partial charge on any atom is -0.481 e. The molecule has 0 radical (unpaired) electrons. The number of nitrogens with zero attached hydrogens (tertiary/aromatic N) is 2. The van der Waals surface area contributed by atoms with Gasteiger partial charge in [0.2, 0.25) is 5.88 Å². The Morgan fingerprint density at radius 2 is 2.00 bits per heavy atom. The zero-order chi connectivity index (χ0) is 20.9. The molecule has 0 aliphatic rings. The normalized spacial score (nSPS) is 11.5. The van der Waals surface area contributed by atoms with Gasteiger partial charge in [0, 0.05) is 37.6 Å². The lowest BCUT2D eigenvalue weighted by molar-refractivity contribution is 0.103. The molecular weight excluding hydrogens is 406 g/mol. The van der Waals surface area contributed by atoms with Crippen molar-refractivity contribution in [3.8, 4) is 5.88 Å². The van der Waals surface area contributed by atoms with Gasteiger partial charge in [0.05, 0.1) is 36.4 Å². The van der Waals surface area contributed by atoms with Crippen LogP contribution in [0.3, 0.4) is 0 Å². The molecule has 0 aliphatic carbocycles. The van der Waals surface area contributed by atoms with Gasteiger partial charge in [-0.15, -0.1) is 0 Å². The fourth-order valence-electron chi connectivity index (χ4n) is 2.83. The van der Waals surface area contributed by atoms with Crippen LogP contribution in [0.2, 0.25) is 5.02 Å². The van der Waals surface area contributed by atoms with E-state index in [1.165, 1.54) is 19.4 Å². The summed E-state index contributed by atoms with van der Waals surface area (Å²) in [5.41, 5.74) is 1.19. The van der Waals surface area contributed by atoms with Gasteiger partial charge in [0.25, 0.3) is 0 Å². The zero-order valence-corrected chi connectivity index (χ0v) is 17.9. The minimum atomic E-state index is -3.43. The van der Waals surface area contributed by atoms with Gasteiger partial charge < -0.3 is 14.8 Å². The zero-order valence-electron chi connectivity index (χ0n) is 16.3. The molecule has 0 atom stereocenters. The van der Waals surface area contributed by atoms with Gasteiger partial charge in [0.1, 0.15) is 5.56 Å². The summed E-state index contributed by atoms with van der Waals surface area (Å²) in [5.74, 6) is -0.405. The highest BCUT2D eigenvalue weighted by atomic mass is 35.5. The Balaban J connectivity index is 2.60. The van der Waals surface area contributed by atoms with Gasteiger partial charge in [-0.05, 0) is 19.1 Å². The van der Waals surface area contributed by atoms with Crippen molar-refractivity contribution in [2.75, 3.05) is 38.9 Å². The van der Waals surface area contributed by atoms with Gasteiger partial charge in [-0.3, -0.25) is 4.79 Å². The smallest absolute Gasteiger partial charge is 0.223 e. The average Bonchev–Trinajstić information content (AvgIpc) is 3.05. The number of benzene rings is 1. The molecule has 154 valence electrons. The largest absolute Gasteiger partial charge is 0.481 e. The maximum absolute atomic E-state index is 13.2. The number of carbonyl (C=O) groups excluding carboxylic acids is 1. The molecule has 0 spiro atoms. The van der Waals surface area contributed by atoms with E-state index < -0.39 is 9.84 Å². The summed E-state index contributed by atoms with van der Waals surface area (Å²) >= 11 is 6.29. The standard InChI is InChI=1S/C18H24ClN3O5S/c1-5-22-18(27-3)13(10-21-22)17(23)12-6-7-15(19)16(20-8-9-26-2)14(12)11-28(4,24)25/h6-7,10,20H,5,8-9,11H2,1-4H3. The van der Waals surface area contributed by atoms with Gasteiger partial charge in [-0.1, -0.05) is 11.6 Å². The fourth-order valence-corrected chi connectivity index (χ4v) is 3.90. The molecule has 1 aromatic carbocycles. The van der Waals surface area contributed by atoms with Gasteiger partial charge in [-0.25, -0.2) is 13.1 Å². The molecule has 1 N–H and O–H groups in total. The molecule has 0 unspecified atom stereocenters. The van der Waals surface area contributed by atoms with E-state index in [0.717, 1.165) is 6.26 Å². The predicted octanol–water partition coefficient (Wildman–Crippen LogP) is 2.40. The third-order valence-corrected chi connectivity index (χ3v) is 5.18. The van der Waals surface area contributed by atoms with E-state index in [9.17, 15) is 13.2 Å². The molecule has 1 heterocycles. The van der Waals surface area contributed by atoms with Crippen LogP contribution in [0.1, 0.15) is 28.4 Å². The lowest BCUT2D eigenvalue weighted by atomic mass is 9.99. The van der Waals surface area contributed by atoms with Crippen molar-refractivity contribution >= 4 is 32.9 Å². The number of halogens is 1. The van der Waals surface area contributed by atoms with Crippen molar-refractivity contribution in [3.05, 3.63) is 40.0 Å². The Bertz CT molecular complexity index is 956. The lowest BCUT2D eigenvalue weighted by Gasteiger charge is -2.17. The molecule has 0 amide bonds. The van der Waals surface area contributed by atoms with E-state index in [4.69, 9.17) is 21.1 Å². The second-order valence-electron chi connectivity index (χ2n) is 6.15. The van der Waals surface area contributed by atoms with Gasteiger partial charge in [0.15, 0.2) is 15.6 Å². The number of ether oxygens (including phenoxy) is 2. The Morgan fingerprint density at radius 1 is 1.29 bits per heavy atom. The molecular formula is C18H24ClN3O5S. The van der Waals surface area contributed by atoms with Crippen molar-refractivity contribution in [1.82, 2.24) is 9.78 Å². The first-order chi connectivity index (χ1) is 13.2. The number of hydrogen-bond acceptors (Lipinski definition) is 7. The highest BCUT2D eigenvalue weighted by Crippen LogP contribution is 2.33. The van der Waals surface area contributed by atoms with Crippen molar-refractivity contribution in [2.24, 2.45) is 0 Å². The lowest BCUT2D eigenvalue weighted by Crippen LogP contribution is -2.16. The van der Waals surface area contributed by atoms with Crippen LogP contribution in [0.25, 0.3) is 0 Å². The molecule has 1 aromatic heterocycles. The first kappa shape index (κ1) is 22.2. The molecule has 2 aromatic rings. The van der Waals surface area contributed by atoms with Crippen LogP contribution in [0.4, 0.5) is 5.69 Å². The summed E-state index contributed by atoms with van der Waals surface area (Å²) in [6, 6.07) is 3.09. The maximum Gasteiger partial charge on any atom is 0.223 e. The Kier molecular flexibility index (Phi) is 7.45. The summed E-state index contributed by atoms with van der Waals surface area (Å²) in [6.45, 7) is 3.20. The summed E-state index contributed by atoms with van der Waals surface area (Å²) in [4.78, 5) is 13.2. The molecule has 0 saturated carbocycles. The Morgan fingerprint density at radius 3 is 2.57 bits per heavy atom. The Hall–Kier alpha value is -2.10. The van der Waals surface area contributed by atoms with Crippen molar-refractivity contribution in [2.45, 2.75) is 19.2 Å². The highest BCUT2D eigenvalue weighted by molar-refractivity contribution is 7.89. The Labute approximate surface area is 169 Å². The first-order valence-electron chi connectivity index (χ1n) is 8.59. The van der Waals surface area contributed by atoms with Crippen LogP contribution in [-0.2, 0) is 26.9 Å². The van der Waals surface area contributed by atoms with E-state index in [2.05, 4.69) is 10.4 Å². The summed E-state index contributed by atoms with van der Waals surface area (Å²) in [5, 5.41) is 7.54. The number of rotatable bonds is 10. The second-order valence-corrected chi connectivity index (χ2v) is 8.70. The molecule has 10 heteroatoms. The molecule has 28 heavy (non-hydrogen) atoms. The quantitative estimate of drug-likeness (QED) is 0.457. The van der Waals surface area contributed by atoms with E-state index >= 15 is 0 Å². The van der Waals surface area contributed by atoms with E-state index in [0.29, 0.717) is 41.8 Å². The summed E-state index contributed by atoms with van der Waals surface area (Å²) in [6.07, 6.45) is 2.53. The number of ketones is 1. The molecule has 8 nitrogen and oxygen atoms in total. The number of aromatic nitrogens is 2. The third-order valence-electron chi connectivity index (χ3n) is 4.05. The molecule has 0 fully saturated rings. The SMILES string of the molecule is CCn1ncc(C(=O)c2ccc(Cl)c(NCCOC)c2CS(C)(=O)=O)c1OC. The van der Waals surface area contributed by atoms with Crippen LogP contribution in [0, 0.1) is 0 Å². The van der Waals surface area contributed by atoms with E-state index in [1.807, 2.05) is 6.92 Å². The number of anilines is 1. The number of aryl methyl sites for hydroxylation is 1. The molecule has 0 bridgehead atoms. The maximum atomic E-state index is 13.2. The first-order valence-corrected chi connectivity index (χ1v) is 11.0. The van der Waals surface area contributed by atoms with Crippen molar-refractivity contribution in [3.63, 3.8) is 0 Å². The van der Waals surface area contributed by atoms with Crippen LogP contribution in [-0.4, -0.2) is 57.6 Å².